The fourth-order valence-electron chi connectivity index (χ4n) is 5.72. The van der Waals surface area contributed by atoms with Crippen LogP contribution >= 0.6 is 17.0 Å². The number of hydrogen-bond acceptors (Lipinski definition) is 6. The standard InChI is InChI=1S/C37H36F3N5O4.BrH/c1-24(2)48-30-11-4-25(5-12-30)23-44-16-18-45(19-17-44)36(47)33-21-27-20-31(13-14-32(27)43(33)3)49-34-15-10-29(22-41-34)42-35(46)26-6-8-28(9-7-26)37(38,39)40;/h4-15,20-22,24H,16-19,23H2,1-3H3,(H,42,46);1H. The van der Waals surface area contributed by atoms with Crippen molar-refractivity contribution in [3.8, 4) is 17.4 Å². The lowest BCUT2D eigenvalue weighted by molar-refractivity contribution is -0.137. The SMILES string of the molecule is Br.CC(C)Oc1ccc(CN2CCN(C(=O)c3cc4cc(Oc5ccc(NC(=O)c6ccc(C(F)(F)F)cc6)cn5)ccc4n3C)CC2)cc1. The predicted molar refractivity (Wildman–Crippen MR) is 190 cm³/mol. The summed E-state index contributed by atoms with van der Waals surface area (Å²) < 4.78 is 52.0. The number of piperazine rings is 1. The average molecular weight is 753 g/mol. The number of nitrogens with one attached hydrogen (secondary N) is 1. The molecule has 0 bridgehead atoms. The zero-order chi connectivity index (χ0) is 34.7. The molecular weight excluding hydrogens is 715 g/mol. The van der Waals surface area contributed by atoms with Crippen molar-refractivity contribution in [1.82, 2.24) is 19.4 Å². The van der Waals surface area contributed by atoms with Crippen LogP contribution in [0.5, 0.6) is 17.4 Å². The summed E-state index contributed by atoms with van der Waals surface area (Å²) in [4.78, 5) is 34.5. The van der Waals surface area contributed by atoms with Crippen molar-refractivity contribution in [1.29, 1.82) is 0 Å². The highest BCUT2D eigenvalue weighted by Crippen LogP contribution is 2.30. The summed E-state index contributed by atoms with van der Waals surface area (Å²) in [5.41, 5.74) is 2.28. The molecule has 1 saturated heterocycles. The summed E-state index contributed by atoms with van der Waals surface area (Å²) in [6, 6.07) is 22.7. The summed E-state index contributed by atoms with van der Waals surface area (Å²) >= 11 is 0. The second kappa shape index (κ2) is 15.3. The molecule has 3 heterocycles. The van der Waals surface area contributed by atoms with Gasteiger partial charge < -0.3 is 24.3 Å². The van der Waals surface area contributed by atoms with Crippen LogP contribution in [0, 0.1) is 0 Å². The highest BCUT2D eigenvalue weighted by molar-refractivity contribution is 8.93. The van der Waals surface area contributed by atoms with E-state index in [0.717, 1.165) is 60.6 Å². The molecule has 262 valence electrons. The van der Waals surface area contributed by atoms with Crippen LogP contribution in [0.1, 0.15) is 45.8 Å². The van der Waals surface area contributed by atoms with Crippen molar-refractivity contribution < 1.29 is 32.2 Å². The van der Waals surface area contributed by atoms with Crippen molar-refractivity contribution in [2.24, 2.45) is 7.05 Å². The molecule has 3 aromatic carbocycles. The number of ether oxygens (including phenoxy) is 2. The van der Waals surface area contributed by atoms with E-state index < -0.39 is 17.6 Å². The Bertz CT molecular complexity index is 1940. The number of carbonyl (C=O) groups excluding carboxylic acids is 2. The van der Waals surface area contributed by atoms with Crippen LogP contribution in [0.2, 0.25) is 0 Å². The van der Waals surface area contributed by atoms with E-state index in [9.17, 15) is 22.8 Å². The number of aryl methyl sites for hydroxylation is 1. The molecule has 1 aliphatic rings. The van der Waals surface area contributed by atoms with Gasteiger partial charge in [-0.1, -0.05) is 12.1 Å². The van der Waals surface area contributed by atoms with E-state index in [-0.39, 0.29) is 40.4 Å². The van der Waals surface area contributed by atoms with Gasteiger partial charge in [-0.3, -0.25) is 14.5 Å². The number of aromatic nitrogens is 2. The van der Waals surface area contributed by atoms with Crippen molar-refractivity contribution in [2.75, 3.05) is 31.5 Å². The molecule has 0 saturated carbocycles. The van der Waals surface area contributed by atoms with Crippen LogP contribution in [0.3, 0.4) is 0 Å². The molecule has 0 spiro atoms. The summed E-state index contributed by atoms with van der Waals surface area (Å²) in [6.45, 7) is 7.66. The number of nitrogens with zero attached hydrogens (tertiary/aromatic N) is 4. The number of hydrogen-bond donors (Lipinski definition) is 1. The summed E-state index contributed by atoms with van der Waals surface area (Å²) in [5.74, 6) is 1.07. The molecule has 9 nitrogen and oxygen atoms in total. The highest BCUT2D eigenvalue weighted by Gasteiger charge is 2.30. The molecule has 5 aromatic rings. The Kier molecular flexibility index (Phi) is 11.2. The highest BCUT2D eigenvalue weighted by atomic mass is 79.9. The first-order valence-corrected chi connectivity index (χ1v) is 15.9. The number of halogens is 4. The smallest absolute Gasteiger partial charge is 0.416 e. The molecule has 1 fully saturated rings. The minimum absolute atomic E-state index is 0. The lowest BCUT2D eigenvalue weighted by Crippen LogP contribution is -2.48. The van der Waals surface area contributed by atoms with E-state index in [1.807, 2.05) is 60.7 Å². The second-order valence-corrected chi connectivity index (χ2v) is 12.2. The van der Waals surface area contributed by atoms with E-state index in [1.165, 1.54) is 11.8 Å². The Labute approximate surface area is 298 Å². The number of benzene rings is 3. The average Bonchev–Trinajstić information content (AvgIpc) is 3.41. The largest absolute Gasteiger partial charge is 0.491 e. The summed E-state index contributed by atoms with van der Waals surface area (Å²) in [5, 5.41) is 3.45. The third-order valence-corrected chi connectivity index (χ3v) is 8.28. The normalized spacial score (nSPS) is 13.6. The first-order chi connectivity index (χ1) is 23.4. The molecule has 0 unspecified atom stereocenters. The monoisotopic (exact) mass is 751 g/mol. The third-order valence-electron chi connectivity index (χ3n) is 8.28. The van der Waals surface area contributed by atoms with Gasteiger partial charge in [-0.2, -0.15) is 13.2 Å². The van der Waals surface area contributed by atoms with E-state index in [2.05, 4.69) is 27.3 Å². The van der Waals surface area contributed by atoms with Gasteiger partial charge in [0, 0.05) is 62.3 Å². The van der Waals surface area contributed by atoms with Gasteiger partial charge in [0.25, 0.3) is 11.8 Å². The van der Waals surface area contributed by atoms with Crippen molar-refractivity contribution in [3.05, 3.63) is 114 Å². The number of fused-ring (bicyclic) bond motifs is 1. The van der Waals surface area contributed by atoms with Gasteiger partial charge in [-0.05, 0) is 86.1 Å². The molecule has 50 heavy (non-hydrogen) atoms. The molecule has 13 heteroatoms. The maximum Gasteiger partial charge on any atom is 0.416 e. The molecule has 0 atom stereocenters. The van der Waals surface area contributed by atoms with Crippen molar-refractivity contribution >= 4 is 45.4 Å². The second-order valence-electron chi connectivity index (χ2n) is 12.2. The molecular formula is C37H37BrF3N5O4. The van der Waals surface area contributed by atoms with E-state index >= 15 is 0 Å². The van der Waals surface area contributed by atoms with Gasteiger partial charge in [0.15, 0.2) is 0 Å². The van der Waals surface area contributed by atoms with Crippen LogP contribution in [0.15, 0.2) is 91.1 Å². The molecule has 1 aliphatic heterocycles. The Morgan fingerprint density at radius 2 is 1.56 bits per heavy atom. The van der Waals surface area contributed by atoms with Gasteiger partial charge in [-0.25, -0.2) is 4.98 Å². The maximum atomic E-state index is 13.6. The molecule has 2 amide bonds. The number of alkyl halides is 3. The van der Waals surface area contributed by atoms with E-state index in [0.29, 0.717) is 30.2 Å². The number of amides is 2. The topological polar surface area (TPSA) is 88.9 Å². The van der Waals surface area contributed by atoms with Crippen LogP contribution in [-0.4, -0.2) is 63.4 Å². The zero-order valence-electron chi connectivity index (χ0n) is 27.7. The Hall–Kier alpha value is -4.88. The van der Waals surface area contributed by atoms with Gasteiger partial charge in [-0.15, -0.1) is 17.0 Å². The van der Waals surface area contributed by atoms with Crippen molar-refractivity contribution in [3.63, 3.8) is 0 Å². The number of carbonyl (C=O) groups is 2. The number of rotatable bonds is 9. The van der Waals surface area contributed by atoms with E-state index in [4.69, 9.17) is 9.47 Å². The fourth-order valence-corrected chi connectivity index (χ4v) is 5.72. The molecule has 0 aliphatic carbocycles. The number of pyridine rings is 1. The minimum Gasteiger partial charge on any atom is -0.491 e. The fraction of sp³-hybridized carbons (Fsp3) is 0.270. The molecule has 6 rings (SSSR count). The first-order valence-electron chi connectivity index (χ1n) is 15.9. The molecule has 1 N–H and O–H groups in total. The lowest BCUT2D eigenvalue weighted by atomic mass is 10.1. The predicted octanol–water partition coefficient (Wildman–Crippen LogP) is 7.96. The van der Waals surface area contributed by atoms with Crippen molar-refractivity contribution in [2.45, 2.75) is 32.7 Å². The van der Waals surface area contributed by atoms with E-state index in [1.54, 1.807) is 18.2 Å². The van der Waals surface area contributed by atoms with Crippen LogP contribution < -0.4 is 14.8 Å². The Balaban J connectivity index is 0.00000486. The maximum absolute atomic E-state index is 13.6. The minimum atomic E-state index is -4.48. The van der Waals surface area contributed by atoms with Gasteiger partial charge in [0.2, 0.25) is 5.88 Å². The van der Waals surface area contributed by atoms with Gasteiger partial charge in [0.05, 0.1) is 23.6 Å². The third kappa shape index (κ3) is 8.64. The van der Waals surface area contributed by atoms with Crippen LogP contribution in [0.25, 0.3) is 10.9 Å². The summed E-state index contributed by atoms with van der Waals surface area (Å²) in [6.07, 6.45) is -2.95. The Morgan fingerprint density at radius 1 is 0.880 bits per heavy atom. The van der Waals surface area contributed by atoms with Gasteiger partial charge >= 0.3 is 6.18 Å². The van der Waals surface area contributed by atoms with Crippen LogP contribution in [0.4, 0.5) is 18.9 Å². The van der Waals surface area contributed by atoms with Crippen LogP contribution in [-0.2, 0) is 19.8 Å². The lowest BCUT2D eigenvalue weighted by Gasteiger charge is -2.34. The quantitative estimate of drug-likeness (QED) is 0.165. The number of anilines is 1. The first kappa shape index (κ1) is 36.4. The summed E-state index contributed by atoms with van der Waals surface area (Å²) in [7, 11) is 1.87. The Morgan fingerprint density at radius 3 is 2.18 bits per heavy atom. The molecule has 0 radical (unpaired) electrons. The molecule has 2 aromatic heterocycles. The van der Waals surface area contributed by atoms with Gasteiger partial charge in [0.1, 0.15) is 17.2 Å². The zero-order valence-corrected chi connectivity index (χ0v) is 29.5.